The van der Waals surface area contributed by atoms with Crippen molar-refractivity contribution < 1.29 is 4.39 Å². The molecule has 1 fully saturated rings. The highest BCUT2D eigenvalue weighted by molar-refractivity contribution is 14.0. The van der Waals surface area contributed by atoms with Crippen molar-refractivity contribution >= 4 is 41.5 Å². The molecule has 1 aliphatic heterocycles. The summed E-state index contributed by atoms with van der Waals surface area (Å²) in [5.41, 5.74) is 0.658. The molecule has 0 amide bonds. The van der Waals surface area contributed by atoms with Gasteiger partial charge in [0.1, 0.15) is 5.82 Å². The summed E-state index contributed by atoms with van der Waals surface area (Å²) in [6.45, 7) is 15.7. The van der Waals surface area contributed by atoms with E-state index >= 15 is 0 Å². The van der Waals surface area contributed by atoms with E-state index in [4.69, 9.17) is 11.6 Å². The van der Waals surface area contributed by atoms with Crippen LogP contribution in [0.3, 0.4) is 0 Å². The Balaban J connectivity index is 0.00000420. The molecule has 1 aliphatic rings. The number of piperazine rings is 1. The quantitative estimate of drug-likeness (QED) is 0.316. The molecule has 1 saturated heterocycles. The molecular formula is C21H36ClFIN5. The molecule has 1 aromatic carbocycles. The molecule has 0 radical (unpaired) electrons. The number of guanidine groups is 1. The first-order chi connectivity index (χ1) is 13.3. The van der Waals surface area contributed by atoms with Crippen molar-refractivity contribution in [2.75, 3.05) is 52.9 Å². The number of nitrogens with one attached hydrogen (secondary N) is 2. The summed E-state index contributed by atoms with van der Waals surface area (Å²) in [5.74, 6) is 0.453. The van der Waals surface area contributed by atoms with Gasteiger partial charge in [-0.2, -0.15) is 0 Å². The fourth-order valence-electron chi connectivity index (χ4n) is 3.55. The highest BCUT2D eigenvalue weighted by Crippen LogP contribution is 2.29. The Kier molecular flexibility index (Phi) is 11.2. The van der Waals surface area contributed by atoms with Crippen LogP contribution in [0.1, 0.15) is 33.3 Å². The van der Waals surface area contributed by atoms with Gasteiger partial charge >= 0.3 is 0 Å². The second-order valence-electron chi connectivity index (χ2n) is 8.13. The fourth-order valence-corrected chi connectivity index (χ4v) is 3.98. The lowest BCUT2D eigenvalue weighted by molar-refractivity contribution is 0.107. The zero-order valence-electron chi connectivity index (χ0n) is 18.3. The van der Waals surface area contributed by atoms with E-state index < -0.39 is 0 Å². The smallest absolute Gasteiger partial charge is 0.191 e. The third-order valence-corrected chi connectivity index (χ3v) is 5.94. The zero-order valence-corrected chi connectivity index (χ0v) is 21.4. The molecule has 0 saturated carbocycles. The van der Waals surface area contributed by atoms with Crippen molar-refractivity contribution in [3.8, 4) is 0 Å². The second-order valence-corrected chi connectivity index (χ2v) is 8.54. The third-order valence-electron chi connectivity index (χ3n) is 5.62. The maximum atomic E-state index is 13.3. The number of hydrogen-bond donors (Lipinski definition) is 2. The Hall–Kier alpha value is -0.640. The number of likely N-dealkylation sites (N-methyl/N-ethyl adjacent to an activating group) is 1. The van der Waals surface area contributed by atoms with Gasteiger partial charge in [0.2, 0.25) is 0 Å². The molecule has 0 aromatic heterocycles. The van der Waals surface area contributed by atoms with Crippen LogP contribution in [-0.4, -0.2) is 74.7 Å². The lowest BCUT2D eigenvalue weighted by atomic mass is 9.84. The van der Waals surface area contributed by atoms with Crippen LogP contribution in [0.2, 0.25) is 5.02 Å². The Morgan fingerprint density at radius 1 is 1.24 bits per heavy atom. The molecule has 0 bridgehead atoms. The van der Waals surface area contributed by atoms with Gasteiger partial charge in [0.05, 0.1) is 0 Å². The summed E-state index contributed by atoms with van der Waals surface area (Å²) in [5, 5.41) is 7.27. The minimum Gasteiger partial charge on any atom is -0.356 e. The SMILES string of the molecule is CCN1CCN(C(C)CNC(=NC)NCC(C)(C)c2ccc(F)cc2Cl)CC1.I. The first-order valence-electron chi connectivity index (χ1n) is 10.1. The molecule has 0 aliphatic carbocycles. The summed E-state index contributed by atoms with van der Waals surface area (Å²) >= 11 is 6.25. The number of nitrogens with zero attached hydrogens (tertiary/aromatic N) is 3. The van der Waals surface area contributed by atoms with Gasteiger partial charge in [0.25, 0.3) is 0 Å². The van der Waals surface area contributed by atoms with E-state index in [0.717, 1.165) is 50.8 Å². The van der Waals surface area contributed by atoms with Gasteiger partial charge in [0.15, 0.2) is 5.96 Å². The van der Waals surface area contributed by atoms with E-state index in [1.54, 1.807) is 13.1 Å². The Bertz CT molecular complexity index is 662. The van der Waals surface area contributed by atoms with Crippen LogP contribution in [0.15, 0.2) is 23.2 Å². The average Bonchev–Trinajstić information content (AvgIpc) is 2.67. The fraction of sp³-hybridized carbons (Fsp3) is 0.667. The highest BCUT2D eigenvalue weighted by Gasteiger charge is 2.24. The van der Waals surface area contributed by atoms with Crippen molar-refractivity contribution in [1.82, 2.24) is 20.4 Å². The minimum absolute atomic E-state index is 0. The van der Waals surface area contributed by atoms with E-state index in [9.17, 15) is 4.39 Å². The molecule has 1 aromatic rings. The molecule has 8 heteroatoms. The maximum absolute atomic E-state index is 13.3. The lowest BCUT2D eigenvalue weighted by Crippen LogP contribution is -2.53. The highest BCUT2D eigenvalue weighted by atomic mass is 127. The van der Waals surface area contributed by atoms with Crippen LogP contribution < -0.4 is 10.6 Å². The Morgan fingerprint density at radius 3 is 2.45 bits per heavy atom. The standard InChI is InChI=1S/C21H35ClFN5.HI/c1-6-27-9-11-28(12-10-27)16(2)14-25-20(24-5)26-15-21(3,4)18-8-7-17(23)13-19(18)22;/h7-8,13,16H,6,9-12,14-15H2,1-5H3,(H2,24,25,26);1H. The molecule has 2 N–H and O–H groups in total. The van der Waals surface area contributed by atoms with Crippen LogP contribution in [-0.2, 0) is 5.41 Å². The van der Waals surface area contributed by atoms with Crippen LogP contribution in [0.4, 0.5) is 4.39 Å². The van der Waals surface area contributed by atoms with Gasteiger partial charge in [-0.15, -0.1) is 24.0 Å². The van der Waals surface area contributed by atoms with E-state index in [2.05, 4.69) is 53.1 Å². The Morgan fingerprint density at radius 2 is 1.90 bits per heavy atom. The number of hydrogen-bond acceptors (Lipinski definition) is 3. The van der Waals surface area contributed by atoms with Crippen molar-refractivity contribution in [2.24, 2.45) is 4.99 Å². The molecule has 166 valence electrons. The minimum atomic E-state index is -0.316. The molecule has 29 heavy (non-hydrogen) atoms. The normalized spacial score (nSPS) is 17.6. The molecule has 1 unspecified atom stereocenters. The number of aliphatic imine (C=N–C) groups is 1. The second kappa shape index (κ2) is 12.3. The third kappa shape index (κ3) is 7.84. The van der Waals surface area contributed by atoms with Crippen molar-refractivity contribution in [2.45, 2.75) is 39.2 Å². The number of rotatable bonds is 7. The van der Waals surface area contributed by atoms with Crippen molar-refractivity contribution in [3.63, 3.8) is 0 Å². The first kappa shape index (κ1) is 26.4. The van der Waals surface area contributed by atoms with Gasteiger partial charge in [-0.05, 0) is 31.2 Å². The zero-order chi connectivity index (χ0) is 20.7. The van der Waals surface area contributed by atoms with Gasteiger partial charge in [0, 0.05) is 62.8 Å². The van der Waals surface area contributed by atoms with Gasteiger partial charge in [-0.3, -0.25) is 9.89 Å². The summed E-state index contributed by atoms with van der Waals surface area (Å²) in [6, 6.07) is 5.02. The molecule has 5 nitrogen and oxygen atoms in total. The lowest BCUT2D eigenvalue weighted by Gasteiger charge is -2.37. The summed E-state index contributed by atoms with van der Waals surface area (Å²) < 4.78 is 13.3. The van der Waals surface area contributed by atoms with E-state index in [1.807, 2.05) is 0 Å². The van der Waals surface area contributed by atoms with E-state index in [-0.39, 0.29) is 35.2 Å². The predicted octanol–water partition coefficient (Wildman–Crippen LogP) is 3.57. The van der Waals surface area contributed by atoms with Crippen molar-refractivity contribution in [1.29, 1.82) is 0 Å². The monoisotopic (exact) mass is 539 g/mol. The van der Waals surface area contributed by atoms with Gasteiger partial charge in [-0.1, -0.05) is 38.4 Å². The number of benzene rings is 1. The maximum Gasteiger partial charge on any atom is 0.191 e. The van der Waals surface area contributed by atoms with Gasteiger partial charge < -0.3 is 15.5 Å². The Labute approximate surface area is 197 Å². The van der Waals surface area contributed by atoms with Crippen molar-refractivity contribution in [3.05, 3.63) is 34.6 Å². The molecule has 1 heterocycles. The molecule has 2 rings (SSSR count). The van der Waals surface area contributed by atoms with Crippen LogP contribution in [0.25, 0.3) is 0 Å². The molecular weight excluding hydrogens is 504 g/mol. The van der Waals surface area contributed by atoms with Gasteiger partial charge in [-0.25, -0.2) is 4.39 Å². The predicted molar refractivity (Wildman–Crippen MR) is 132 cm³/mol. The van der Waals surface area contributed by atoms with E-state index in [0.29, 0.717) is 17.6 Å². The van der Waals surface area contributed by atoms with Crippen LogP contribution >= 0.6 is 35.6 Å². The average molecular weight is 540 g/mol. The number of halogens is 3. The molecule has 0 spiro atoms. The molecule has 1 atom stereocenters. The first-order valence-corrected chi connectivity index (χ1v) is 10.5. The topological polar surface area (TPSA) is 42.9 Å². The van der Waals surface area contributed by atoms with Crippen LogP contribution in [0, 0.1) is 5.82 Å². The summed E-state index contributed by atoms with van der Waals surface area (Å²) in [6.07, 6.45) is 0. The largest absolute Gasteiger partial charge is 0.356 e. The summed E-state index contributed by atoms with van der Waals surface area (Å²) in [4.78, 5) is 9.35. The van der Waals surface area contributed by atoms with E-state index in [1.165, 1.54) is 12.1 Å². The van der Waals surface area contributed by atoms with Crippen LogP contribution in [0.5, 0.6) is 0 Å². The summed E-state index contributed by atoms with van der Waals surface area (Å²) in [7, 11) is 1.78.